The van der Waals surface area contributed by atoms with Crippen molar-refractivity contribution in [1.82, 2.24) is 0 Å². The highest BCUT2D eigenvalue weighted by Crippen LogP contribution is 2.64. The molecule has 1 aliphatic heterocycles. The molecule has 0 aromatic heterocycles. The second-order valence-electron chi connectivity index (χ2n) is 6.53. The highest BCUT2D eigenvalue weighted by atomic mass is 16.6. The largest absolute Gasteiger partial charge is 0.393 e. The Bertz CT molecular complexity index is 579. The maximum absolute atomic E-state index is 9.78. The van der Waals surface area contributed by atoms with Crippen LogP contribution in [0.5, 0.6) is 0 Å². The number of ether oxygens (including phenoxy) is 1. The minimum atomic E-state index is -0.543. The summed E-state index contributed by atoms with van der Waals surface area (Å²) in [5.41, 5.74) is 0.975. The summed E-state index contributed by atoms with van der Waals surface area (Å²) in [7, 11) is 0. The predicted octanol–water partition coefficient (Wildman–Crippen LogP) is 3.74. The molecule has 2 nitrogen and oxygen atoms in total. The maximum atomic E-state index is 9.78. The molecule has 2 heteroatoms. The van der Waals surface area contributed by atoms with E-state index in [9.17, 15) is 5.11 Å². The van der Waals surface area contributed by atoms with E-state index in [2.05, 4.69) is 38.1 Å². The summed E-state index contributed by atoms with van der Waals surface area (Å²) in [6.45, 7) is 6.35. The van der Waals surface area contributed by atoms with Crippen molar-refractivity contribution in [3.05, 3.63) is 71.8 Å². The Kier molecular flexibility index (Phi) is 3.19. The molecule has 1 saturated heterocycles. The van der Waals surface area contributed by atoms with Crippen LogP contribution in [-0.4, -0.2) is 17.3 Å². The van der Waals surface area contributed by atoms with Crippen LogP contribution in [-0.2, 0) is 10.3 Å². The molecule has 2 aromatic carbocycles. The molecule has 21 heavy (non-hydrogen) atoms. The van der Waals surface area contributed by atoms with Gasteiger partial charge in [-0.05, 0) is 18.1 Å². The summed E-state index contributed by atoms with van der Waals surface area (Å²) in [6, 6.07) is 20.6. The second-order valence-corrected chi connectivity index (χ2v) is 6.53. The molecule has 1 atom stereocenters. The molecule has 2 aromatic rings. The van der Waals surface area contributed by atoms with Gasteiger partial charge < -0.3 is 9.84 Å². The summed E-state index contributed by atoms with van der Waals surface area (Å²) in [5, 5.41) is 9.78. The fourth-order valence-electron chi connectivity index (χ4n) is 3.50. The molecule has 0 radical (unpaired) electrons. The third-order valence-electron chi connectivity index (χ3n) is 5.24. The molecular formula is C19H22O2. The number of hydrogen-bond donors (Lipinski definition) is 1. The van der Waals surface area contributed by atoms with E-state index >= 15 is 0 Å². The van der Waals surface area contributed by atoms with Crippen molar-refractivity contribution in [2.75, 3.05) is 6.61 Å². The van der Waals surface area contributed by atoms with Crippen molar-refractivity contribution in [2.24, 2.45) is 5.41 Å². The van der Waals surface area contributed by atoms with Gasteiger partial charge in [0.2, 0.25) is 0 Å². The zero-order valence-corrected chi connectivity index (χ0v) is 12.8. The van der Waals surface area contributed by atoms with Crippen molar-refractivity contribution in [2.45, 2.75) is 32.0 Å². The smallest absolute Gasteiger partial charge is 0.127 e. The van der Waals surface area contributed by atoms with E-state index in [1.54, 1.807) is 0 Å². The van der Waals surface area contributed by atoms with Crippen molar-refractivity contribution in [3.63, 3.8) is 0 Å². The lowest BCUT2D eigenvalue weighted by atomic mass is 9.54. The van der Waals surface area contributed by atoms with Gasteiger partial charge in [-0.25, -0.2) is 0 Å². The van der Waals surface area contributed by atoms with Crippen molar-refractivity contribution in [1.29, 1.82) is 0 Å². The first-order chi connectivity index (χ1) is 9.98. The second kappa shape index (κ2) is 4.69. The van der Waals surface area contributed by atoms with Crippen LogP contribution in [0, 0.1) is 5.41 Å². The van der Waals surface area contributed by atoms with E-state index in [1.165, 1.54) is 0 Å². The first-order valence-electron chi connectivity index (χ1n) is 7.40. The zero-order chi connectivity index (χ0) is 15.1. The fourth-order valence-corrected chi connectivity index (χ4v) is 3.50. The normalized spacial score (nSPS) is 26.1. The first-order valence-corrected chi connectivity index (χ1v) is 7.40. The van der Waals surface area contributed by atoms with Gasteiger partial charge in [-0.2, -0.15) is 0 Å². The average molecular weight is 282 g/mol. The molecule has 110 valence electrons. The summed E-state index contributed by atoms with van der Waals surface area (Å²) in [5.74, 6) is 0. The summed E-state index contributed by atoms with van der Waals surface area (Å²) in [6.07, 6.45) is 0. The molecule has 0 amide bonds. The van der Waals surface area contributed by atoms with E-state index in [4.69, 9.17) is 4.74 Å². The lowest BCUT2D eigenvalue weighted by Gasteiger charge is -2.67. The fraction of sp³-hybridized carbons (Fsp3) is 0.368. The lowest BCUT2D eigenvalue weighted by Crippen LogP contribution is -2.72. The Balaban J connectivity index is 2.20. The van der Waals surface area contributed by atoms with Gasteiger partial charge in [-0.15, -0.1) is 0 Å². The summed E-state index contributed by atoms with van der Waals surface area (Å²) in [4.78, 5) is 0. The highest BCUT2D eigenvalue weighted by molar-refractivity contribution is 5.44. The Labute approximate surface area is 126 Å². The van der Waals surface area contributed by atoms with Crippen LogP contribution in [0.1, 0.15) is 31.9 Å². The van der Waals surface area contributed by atoms with Crippen molar-refractivity contribution < 1.29 is 9.84 Å². The Hall–Kier alpha value is -1.64. The average Bonchev–Trinajstić information content (AvgIpc) is 2.53. The van der Waals surface area contributed by atoms with Gasteiger partial charge in [0, 0.05) is 5.41 Å². The topological polar surface area (TPSA) is 29.5 Å². The Morgan fingerprint density at radius 1 is 0.810 bits per heavy atom. The van der Waals surface area contributed by atoms with Gasteiger partial charge >= 0.3 is 0 Å². The molecular weight excluding hydrogens is 260 g/mol. The first kappa shape index (κ1) is 14.3. The molecule has 0 bridgehead atoms. The van der Waals surface area contributed by atoms with E-state index in [-0.39, 0.29) is 12.0 Å². The monoisotopic (exact) mass is 282 g/mol. The van der Waals surface area contributed by atoms with Crippen LogP contribution < -0.4 is 0 Å². The molecule has 0 aliphatic carbocycles. The number of hydrogen-bond acceptors (Lipinski definition) is 2. The third kappa shape index (κ3) is 1.73. The minimum Gasteiger partial charge on any atom is -0.393 e. The lowest BCUT2D eigenvalue weighted by molar-refractivity contribution is -0.361. The molecule has 1 heterocycles. The summed E-state index contributed by atoms with van der Waals surface area (Å²) < 4.78 is 6.40. The van der Waals surface area contributed by atoms with Crippen molar-refractivity contribution in [3.8, 4) is 0 Å². The predicted molar refractivity (Wildman–Crippen MR) is 84.0 cm³/mol. The number of benzene rings is 2. The van der Waals surface area contributed by atoms with Gasteiger partial charge in [0.15, 0.2) is 0 Å². The molecule has 1 fully saturated rings. The van der Waals surface area contributed by atoms with Crippen LogP contribution >= 0.6 is 0 Å². The van der Waals surface area contributed by atoms with Gasteiger partial charge in [-0.1, -0.05) is 74.5 Å². The minimum absolute atomic E-state index is 0.0153. The van der Waals surface area contributed by atoms with Gasteiger partial charge in [0.05, 0.1) is 12.2 Å². The molecule has 0 saturated carbocycles. The third-order valence-corrected chi connectivity index (χ3v) is 5.24. The van der Waals surface area contributed by atoms with Gasteiger partial charge in [-0.3, -0.25) is 0 Å². The molecule has 1 unspecified atom stereocenters. The SMILES string of the molecule is CC1(CO)OC(c2ccccc2)(c2ccccc2)C1(C)C. The van der Waals surface area contributed by atoms with Gasteiger partial charge in [0.25, 0.3) is 0 Å². The van der Waals surface area contributed by atoms with E-state index in [0.29, 0.717) is 0 Å². The van der Waals surface area contributed by atoms with E-state index in [1.807, 2.05) is 43.3 Å². The van der Waals surface area contributed by atoms with Crippen LogP contribution in [0.3, 0.4) is 0 Å². The van der Waals surface area contributed by atoms with Crippen molar-refractivity contribution >= 4 is 0 Å². The maximum Gasteiger partial charge on any atom is 0.127 e. The van der Waals surface area contributed by atoms with Crippen LogP contribution in [0.15, 0.2) is 60.7 Å². The molecule has 0 spiro atoms. The van der Waals surface area contributed by atoms with Crippen LogP contribution in [0.25, 0.3) is 0 Å². The number of aliphatic hydroxyl groups excluding tert-OH is 1. The van der Waals surface area contributed by atoms with Crippen LogP contribution in [0.4, 0.5) is 0 Å². The standard InChI is InChI=1S/C19H22O2/c1-17(2)18(3,14-20)21-19(17,15-10-6-4-7-11-15)16-12-8-5-9-13-16/h4-13,20H,14H2,1-3H3. The van der Waals surface area contributed by atoms with Crippen LogP contribution in [0.2, 0.25) is 0 Å². The molecule has 3 rings (SSSR count). The highest BCUT2D eigenvalue weighted by Gasteiger charge is 2.69. The molecule has 1 N–H and O–H groups in total. The zero-order valence-electron chi connectivity index (χ0n) is 12.8. The number of aliphatic hydroxyl groups is 1. The molecule has 1 aliphatic rings. The van der Waals surface area contributed by atoms with E-state index < -0.39 is 11.2 Å². The quantitative estimate of drug-likeness (QED) is 0.929. The van der Waals surface area contributed by atoms with Gasteiger partial charge in [0.1, 0.15) is 5.60 Å². The Morgan fingerprint density at radius 3 is 1.57 bits per heavy atom. The number of rotatable bonds is 3. The Morgan fingerprint density at radius 2 is 1.24 bits per heavy atom. The summed E-state index contributed by atoms with van der Waals surface area (Å²) >= 11 is 0. The van der Waals surface area contributed by atoms with E-state index in [0.717, 1.165) is 11.1 Å².